The van der Waals surface area contributed by atoms with Crippen molar-refractivity contribution in [2.24, 2.45) is 5.84 Å². The molecule has 1 aliphatic heterocycles. The summed E-state index contributed by atoms with van der Waals surface area (Å²) in [5, 5.41) is 0. The molecule has 6 nitrogen and oxygen atoms in total. The molecule has 110 valence electrons. The number of anilines is 1. The summed E-state index contributed by atoms with van der Waals surface area (Å²) in [5.74, 6) is 6.97. The first-order valence-electron chi connectivity index (χ1n) is 6.76. The van der Waals surface area contributed by atoms with Crippen LogP contribution in [0, 0.1) is 0 Å². The molecule has 0 unspecified atom stereocenters. The largest absolute Gasteiger partial charge is 0.337 e. The van der Waals surface area contributed by atoms with Crippen molar-refractivity contribution in [3.63, 3.8) is 0 Å². The fourth-order valence-electron chi connectivity index (χ4n) is 2.19. The molecule has 1 amide bonds. The smallest absolute Gasteiger partial charge is 0.254 e. The van der Waals surface area contributed by atoms with Crippen LogP contribution in [0.5, 0.6) is 0 Å². The summed E-state index contributed by atoms with van der Waals surface area (Å²) < 4.78 is 11.3. The van der Waals surface area contributed by atoms with Gasteiger partial charge in [-0.15, -0.1) is 0 Å². The van der Waals surface area contributed by atoms with Crippen molar-refractivity contribution in [2.45, 2.75) is 19.8 Å². The number of hydrazine groups is 1. The van der Waals surface area contributed by atoms with E-state index in [9.17, 15) is 9.00 Å². The first kappa shape index (κ1) is 14.9. The number of pyridine rings is 1. The summed E-state index contributed by atoms with van der Waals surface area (Å²) in [6.07, 6.45) is 1.76. The van der Waals surface area contributed by atoms with Gasteiger partial charge < -0.3 is 10.3 Å². The summed E-state index contributed by atoms with van der Waals surface area (Å²) in [6, 6.07) is 3.48. The standard InChI is InChI=1S/C13H20N4O2S/c1-2-3-11-8-10(9-12(15-11)16-14)13(18)17-4-6-20(19)7-5-17/h8-9H,2-7,14H2,1H3,(H,15,16). The molecule has 0 aromatic carbocycles. The van der Waals surface area contributed by atoms with Gasteiger partial charge in [0.2, 0.25) is 0 Å². The summed E-state index contributed by atoms with van der Waals surface area (Å²) in [5.41, 5.74) is 3.94. The highest BCUT2D eigenvalue weighted by Crippen LogP contribution is 2.15. The van der Waals surface area contributed by atoms with E-state index in [4.69, 9.17) is 5.84 Å². The Morgan fingerprint density at radius 2 is 2.15 bits per heavy atom. The Balaban J connectivity index is 2.19. The van der Waals surface area contributed by atoms with Crippen molar-refractivity contribution in [1.82, 2.24) is 9.88 Å². The van der Waals surface area contributed by atoms with Crippen LogP contribution in [-0.2, 0) is 17.2 Å². The van der Waals surface area contributed by atoms with Crippen molar-refractivity contribution < 1.29 is 9.00 Å². The van der Waals surface area contributed by atoms with E-state index in [2.05, 4.69) is 17.3 Å². The van der Waals surface area contributed by atoms with Crippen LogP contribution in [0.2, 0.25) is 0 Å². The van der Waals surface area contributed by atoms with Crippen LogP contribution >= 0.6 is 0 Å². The number of rotatable bonds is 4. The van der Waals surface area contributed by atoms with E-state index in [0.717, 1.165) is 18.5 Å². The number of nitrogens with two attached hydrogens (primary N) is 1. The van der Waals surface area contributed by atoms with Crippen molar-refractivity contribution in [1.29, 1.82) is 0 Å². The van der Waals surface area contributed by atoms with E-state index in [0.29, 0.717) is 36.0 Å². The molecule has 2 rings (SSSR count). The van der Waals surface area contributed by atoms with E-state index < -0.39 is 10.8 Å². The van der Waals surface area contributed by atoms with Crippen molar-refractivity contribution in [3.05, 3.63) is 23.4 Å². The summed E-state index contributed by atoms with van der Waals surface area (Å²) in [4.78, 5) is 18.5. The van der Waals surface area contributed by atoms with Gasteiger partial charge >= 0.3 is 0 Å². The Bertz CT molecular complexity index is 511. The summed E-state index contributed by atoms with van der Waals surface area (Å²) in [7, 11) is -0.786. The molecular formula is C13H20N4O2S. The summed E-state index contributed by atoms with van der Waals surface area (Å²) >= 11 is 0. The van der Waals surface area contributed by atoms with Gasteiger partial charge in [0.25, 0.3) is 5.91 Å². The Labute approximate surface area is 121 Å². The maximum absolute atomic E-state index is 12.5. The number of carbonyl (C=O) groups excluding carboxylic acids is 1. The molecule has 1 saturated heterocycles. The molecule has 0 aliphatic carbocycles. The zero-order chi connectivity index (χ0) is 14.5. The number of aryl methyl sites for hydroxylation is 1. The summed E-state index contributed by atoms with van der Waals surface area (Å²) in [6.45, 7) is 3.15. The van der Waals surface area contributed by atoms with Crippen LogP contribution in [0.25, 0.3) is 0 Å². The highest BCUT2D eigenvalue weighted by Gasteiger charge is 2.22. The topological polar surface area (TPSA) is 88.3 Å². The maximum atomic E-state index is 12.5. The highest BCUT2D eigenvalue weighted by atomic mass is 32.2. The second-order valence-corrected chi connectivity index (χ2v) is 6.46. The predicted octanol–water partition coefficient (Wildman–Crippen LogP) is 0.524. The Morgan fingerprint density at radius 3 is 2.75 bits per heavy atom. The van der Waals surface area contributed by atoms with Crippen molar-refractivity contribution in [2.75, 3.05) is 30.0 Å². The molecule has 1 aromatic heterocycles. The van der Waals surface area contributed by atoms with Crippen LogP contribution in [0.1, 0.15) is 29.4 Å². The number of nitrogens with one attached hydrogen (secondary N) is 1. The van der Waals surface area contributed by atoms with Crippen molar-refractivity contribution in [3.8, 4) is 0 Å². The van der Waals surface area contributed by atoms with E-state index in [1.165, 1.54) is 0 Å². The number of hydrogen-bond acceptors (Lipinski definition) is 5. The minimum absolute atomic E-state index is 0.0436. The monoisotopic (exact) mass is 296 g/mol. The van der Waals surface area contributed by atoms with E-state index in [1.807, 2.05) is 6.07 Å². The molecule has 0 radical (unpaired) electrons. The van der Waals surface area contributed by atoms with Crippen LogP contribution in [-0.4, -0.2) is 44.6 Å². The number of nitrogens with zero attached hydrogens (tertiary/aromatic N) is 2. The second-order valence-electron chi connectivity index (χ2n) is 4.77. The molecule has 1 fully saturated rings. The van der Waals surface area contributed by atoms with Crippen molar-refractivity contribution >= 4 is 22.5 Å². The lowest BCUT2D eigenvalue weighted by Crippen LogP contribution is -2.41. The highest BCUT2D eigenvalue weighted by molar-refractivity contribution is 7.85. The lowest BCUT2D eigenvalue weighted by molar-refractivity contribution is 0.0771. The average molecular weight is 296 g/mol. The number of amides is 1. The minimum atomic E-state index is -0.786. The first-order valence-corrected chi connectivity index (χ1v) is 8.24. The van der Waals surface area contributed by atoms with Crippen LogP contribution < -0.4 is 11.3 Å². The van der Waals surface area contributed by atoms with Crippen LogP contribution in [0.3, 0.4) is 0 Å². The molecule has 0 atom stereocenters. The SMILES string of the molecule is CCCc1cc(C(=O)N2CCS(=O)CC2)cc(NN)n1. The van der Waals surface area contributed by atoms with Gasteiger partial charge in [-0.05, 0) is 18.6 Å². The van der Waals surface area contributed by atoms with Gasteiger partial charge in [0.1, 0.15) is 5.82 Å². The second kappa shape index (κ2) is 6.81. The molecule has 20 heavy (non-hydrogen) atoms. The zero-order valence-electron chi connectivity index (χ0n) is 11.6. The fraction of sp³-hybridized carbons (Fsp3) is 0.538. The van der Waals surface area contributed by atoms with Crippen LogP contribution in [0.15, 0.2) is 12.1 Å². The maximum Gasteiger partial charge on any atom is 0.254 e. The number of hydrogen-bond donors (Lipinski definition) is 2. The molecule has 2 heterocycles. The van der Waals surface area contributed by atoms with E-state index in [1.54, 1.807) is 11.0 Å². The van der Waals surface area contributed by atoms with Crippen LogP contribution in [0.4, 0.5) is 5.82 Å². The molecule has 3 N–H and O–H groups in total. The Kier molecular flexibility index (Phi) is 5.08. The molecular weight excluding hydrogens is 276 g/mol. The first-order chi connectivity index (χ1) is 9.63. The quantitative estimate of drug-likeness (QED) is 0.625. The van der Waals surface area contributed by atoms with Gasteiger partial charge in [-0.25, -0.2) is 10.8 Å². The fourth-order valence-corrected chi connectivity index (χ4v) is 3.25. The number of carbonyl (C=O) groups is 1. The molecule has 0 bridgehead atoms. The minimum Gasteiger partial charge on any atom is -0.337 e. The zero-order valence-corrected chi connectivity index (χ0v) is 12.4. The van der Waals surface area contributed by atoms with Gasteiger partial charge in [0.05, 0.1) is 0 Å². The molecule has 7 heteroatoms. The average Bonchev–Trinajstić information content (AvgIpc) is 2.47. The lowest BCUT2D eigenvalue weighted by atomic mass is 10.1. The third kappa shape index (κ3) is 3.55. The van der Waals surface area contributed by atoms with E-state index >= 15 is 0 Å². The van der Waals surface area contributed by atoms with Gasteiger partial charge in [-0.3, -0.25) is 9.00 Å². The van der Waals surface area contributed by atoms with Gasteiger partial charge in [0, 0.05) is 46.7 Å². The van der Waals surface area contributed by atoms with E-state index in [-0.39, 0.29) is 5.91 Å². The van der Waals surface area contributed by atoms with Gasteiger partial charge in [-0.2, -0.15) is 0 Å². The number of nitrogen functional groups attached to an aromatic ring is 1. The third-order valence-corrected chi connectivity index (χ3v) is 4.52. The molecule has 1 aliphatic rings. The molecule has 0 spiro atoms. The third-order valence-electron chi connectivity index (χ3n) is 3.24. The molecule has 0 saturated carbocycles. The number of aromatic nitrogens is 1. The molecule has 1 aromatic rings. The Hall–Kier alpha value is -1.47. The van der Waals surface area contributed by atoms with Gasteiger partial charge in [0.15, 0.2) is 0 Å². The lowest BCUT2D eigenvalue weighted by Gasteiger charge is -2.26. The normalized spacial score (nSPS) is 16.2. The van der Waals surface area contributed by atoms with Gasteiger partial charge in [-0.1, -0.05) is 13.3 Å². The predicted molar refractivity (Wildman–Crippen MR) is 79.8 cm³/mol. The Morgan fingerprint density at radius 1 is 1.45 bits per heavy atom.